The third-order valence-electron chi connectivity index (χ3n) is 2.80. The highest BCUT2D eigenvalue weighted by atomic mass is 16.2. The van der Waals surface area contributed by atoms with Crippen LogP contribution < -0.4 is 16.0 Å². The van der Waals surface area contributed by atoms with Gasteiger partial charge < -0.3 is 10.6 Å². The van der Waals surface area contributed by atoms with Gasteiger partial charge in [0.2, 0.25) is 11.8 Å². The van der Waals surface area contributed by atoms with Gasteiger partial charge in [0, 0.05) is 11.2 Å². The Balaban J connectivity index is 2.41. The fourth-order valence-corrected chi connectivity index (χ4v) is 1.69. The minimum absolute atomic E-state index is 0.111. The number of nitrogens with one attached hydrogen (secondary N) is 3. The zero-order valence-electron chi connectivity index (χ0n) is 13.4. The Kier molecular flexibility index (Phi) is 5.90. The van der Waals surface area contributed by atoms with Crippen molar-refractivity contribution >= 4 is 17.5 Å². The molecule has 1 unspecified atom stereocenters. The Hall–Kier alpha value is -1.88. The maximum atomic E-state index is 12.0. The Morgan fingerprint density at radius 1 is 1.14 bits per heavy atom. The quantitative estimate of drug-likeness (QED) is 0.775. The van der Waals surface area contributed by atoms with Crippen molar-refractivity contribution in [3.8, 4) is 0 Å². The predicted molar refractivity (Wildman–Crippen MR) is 85.2 cm³/mol. The second-order valence-electron chi connectivity index (χ2n) is 6.26. The molecule has 0 bridgehead atoms. The van der Waals surface area contributed by atoms with Crippen molar-refractivity contribution in [1.82, 2.24) is 10.6 Å². The van der Waals surface area contributed by atoms with Gasteiger partial charge in [-0.15, -0.1) is 0 Å². The molecule has 1 atom stereocenters. The van der Waals surface area contributed by atoms with E-state index in [1.807, 2.05) is 52.0 Å². The summed E-state index contributed by atoms with van der Waals surface area (Å²) in [4.78, 5) is 23.7. The lowest BCUT2D eigenvalue weighted by atomic mass is 10.1. The molecule has 2 amide bonds. The molecule has 0 heterocycles. The molecule has 0 spiro atoms. The average Bonchev–Trinajstić information content (AvgIpc) is 2.36. The summed E-state index contributed by atoms with van der Waals surface area (Å²) in [5, 5.41) is 8.56. The van der Waals surface area contributed by atoms with Gasteiger partial charge >= 0.3 is 0 Å². The molecular formula is C16H25N3O2. The van der Waals surface area contributed by atoms with Gasteiger partial charge in [0.15, 0.2) is 0 Å². The summed E-state index contributed by atoms with van der Waals surface area (Å²) in [7, 11) is 0. The molecule has 1 aromatic carbocycles. The number of anilines is 1. The molecule has 21 heavy (non-hydrogen) atoms. The molecule has 0 radical (unpaired) electrons. The Bertz CT molecular complexity index is 489. The second kappa shape index (κ2) is 7.22. The van der Waals surface area contributed by atoms with Gasteiger partial charge in [-0.1, -0.05) is 17.7 Å². The molecular weight excluding hydrogens is 266 g/mol. The Labute approximate surface area is 126 Å². The highest BCUT2D eigenvalue weighted by Crippen LogP contribution is 2.08. The lowest BCUT2D eigenvalue weighted by molar-refractivity contribution is -0.122. The van der Waals surface area contributed by atoms with Crippen LogP contribution in [0.4, 0.5) is 5.69 Å². The number of hydrogen-bond donors (Lipinski definition) is 3. The van der Waals surface area contributed by atoms with Crippen LogP contribution in [0.1, 0.15) is 33.3 Å². The summed E-state index contributed by atoms with van der Waals surface area (Å²) in [6.07, 6.45) is 0. The molecule has 0 aromatic heterocycles. The zero-order chi connectivity index (χ0) is 16.0. The molecule has 1 rings (SSSR count). The third-order valence-corrected chi connectivity index (χ3v) is 2.80. The first-order chi connectivity index (χ1) is 9.67. The number of carbonyl (C=O) groups excluding carboxylic acids is 2. The van der Waals surface area contributed by atoms with Gasteiger partial charge in [-0.05, 0) is 46.8 Å². The van der Waals surface area contributed by atoms with E-state index >= 15 is 0 Å². The first kappa shape index (κ1) is 17.2. The first-order valence-corrected chi connectivity index (χ1v) is 7.09. The van der Waals surface area contributed by atoms with Crippen LogP contribution in [-0.2, 0) is 9.59 Å². The number of hydrogen-bond acceptors (Lipinski definition) is 3. The number of rotatable bonds is 5. The number of aryl methyl sites for hydroxylation is 1. The van der Waals surface area contributed by atoms with Crippen LogP contribution in [0.2, 0.25) is 0 Å². The molecule has 1 aromatic rings. The zero-order valence-corrected chi connectivity index (χ0v) is 13.4. The predicted octanol–water partition coefficient (Wildman–Crippen LogP) is 1.83. The standard InChI is InChI=1S/C16H25N3O2/c1-11-6-8-13(9-7-11)18-15(21)12(2)17-10-14(20)19-16(3,4)5/h6-9,12,17H,10H2,1-5H3,(H,18,21)(H,19,20). The van der Waals surface area contributed by atoms with Crippen molar-refractivity contribution in [1.29, 1.82) is 0 Å². The van der Waals surface area contributed by atoms with Gasteiger partial charge in [0.25, 0.3) is 0 Å². The van der Waals surface area contributed by atoms with Crippen LogP contribution in [0.3, 0.4) is 0 Å². The van der Waals surface area contributed by atoms with Crippen LogP contribution >= 0.6 is 0 Å². The fraction of sp³-hybridized carbons (Fsp3) is 0.500. The minimum atomic E-state index is -0.447. The lowest BCUT2D eigenvalue weighted by Gasteiger charge is -2.21. The van der Waals surface area contributed by atoms with Crippen LogP contribution in [0.15, 0.2) is 24.3 Å². The number of benzene rings is 1. The normalized spacial score (nSPS) is 12.6. The monoisotopic (exact) mass is 291 g/mol. The Morgan fingerprint density at radius 2 is 1.71 bits per heavy atom. The van der Waals surface area contributed by atoms with Crippen molar-refractivity contribution in [2.24, 2.45) is 0 Å². The SMILES string of the molecule is Cc1ccc(NC(=O)C(C)NCC(=O)NC(C)(C)C)cc1. The van der Waals surface area contributed by atoms with E-state index < -0.39 is 6.04 Å². The van der Waals surface area contributed by atoms with Crippen molar-refractivity contribution in [3.05, 3.63) is 29.8 Å². The molecule has 5 heteroatoms. The van der Waals surface area contributed by atoms with Crippen LogP contribution in [-0.4, -0.2) is 29.9 Å². The lowest BCUT2D eigenvalue weighted by Crippen LogP contribution is -2.48. The van der Waals surface area contributed by atoms with Crippen LogP contribution in [0.5, 0.6) is 0 Å². The van der Waals surface area contributed by atoms with Crippen molar-refractivity contribution in [2.75, 3.05) is 11.9 Å². The van der Waals surface area contributed by atoms with E-state index in [0.29, 0.717) is 0 Å². The molecule has 0 aliphatic rings. The molecule has 0 aliphatic heterocycles. The van der Waals surface area contributed by atoms with Gasteiger partial charge in [-0.3, -0.25) is 14.9 Å². The maximum Gasteiger partial charge on any atom is 0.241 e. The van der Waals surface area contributed by atoms with E-state index in [-0.39, 0.29) is 23.9 Å². The summed E-state index contributed by atoms with van der Waals surface area (Å²) in [5.41, 5.74) is 1.61. The van der Waals surface area contributed by atoms with E-state index in [1.54, 1.807) is 6.92 Å². The van der Waals surface area contributed by atoms with Crippen LogP contribution in [0.25, 0.3) is 0 Å². The van der Waals surface area contributed by atoms with Crippen molar-refractivity contribution in [2.45, 2.75) is 46.2 Å². The largest absolute Gasteiger partial charge is 0.350 e. The summed E-state index contributed by atoms with van der Waals surface area (Å²) >= 11 is 0. The molecule has 0 saturated carbocycles. The van der Waals surface area contributed by atoms with Gasteiger partial charge in [-0.2, -0.15) is 0 Å². The van der Waals surface area contributed by atoms with Gasteiger partial charge in [0.05, 0.1) is 12.6 Å². The summed E-state index contributed by atoms with van der Waals surface area (Å²) in [5.74, 6) is -0.292. The summed E-state index contributed by atoms with van der Waals surface area (Å²) in [6, 6.07) is 7.13. The topological polar surface area (TPSA) is 70.2 Å². The molecule has 0 saturated heterocycles. The Morgan fingerprint density at radius 3 is 2.24 bits per heavy atom. The molecule has 3 N–H and O–H groups in total. The molecule has 5 nitrogen and oxygen atoms in total. The van der Waals surface area contributed by atoms with E-state index in [2.05, 4.69) is 16.0 Å². The van der Waals surface area contributed by atoms with E-state index in [9.17, 15) is 9.59 Å². The maximum absolute atomic E-state index is 12.0. The van der Waals surface area contributed by atoms with E-state index in [0.717, 1.165) is 11.3 Å². The van der Waals surface area contributed by atoms with E-state index in [4.69, 9.17) is 0 Å². The third kappa shape index (κ3) is 6.90. The summed E-state index contributed by atoms with van der Waals surface area (Å²) in [6.45, 7) is 9.58. The van der Waals surface area contributed by atoms with Crippen molar-refractivity contribution < 1.29 is 9.59 Å². The minimum Gasteiger partial charge on any atom is -0.350 e. The fourth-order valence-electron chi connectivity index (χ4n) is 1.69. The van der Waals surface area contributed by atoms with E-state index in [1.165, 1.54) is 0 Å². The van der Waals surface area contributed by atoms with Crippen LogP contribution in [0, 0.1) is 6.92 Å². The number of carbonyl (C=O) groups is 2. The highest BCUT2D eigenvalue weighted by molar-refractivity contribution is 5.94. The van der Waals surface area contributed by atoms with Gasteiger partial charge in [-0.25, -0.2) is 0 Å². The molecule has 0 aliphatic carbocycles. The first-order valence-electron chi connectivity index (χ1n) is 7.09. The average molecular weight is 291 g/mol. The van der Waals surface area contributed by atoms with Gasteiger partial charge in [0.1, 0.15) is 0 Å². The summed E-state index contributed by atoms with van der Waals surface area (Å²) < 4.78 is 0. The van der Waals surface area contributed by atoms with Crippen molar-refractivity contribution in [3.63, 3.8) is 0 Å². The molecule has 116 valence electrons. The molecule has 0 fully saturated rings. The second-order valence-corrected chi connectivity index (χ2v) is 6.26. The number of amides is 2. The smallest absolute Gasteiger partial charge is 0.241 e. The highest BCUT2D eigenvalue weighted by Gasteiger charge is 2.17.